The van der Waals surface area contributed by atoms with Crippen molar-refractivity contribution in [1.82, 2.24) is 0 Å². The molecule has 1 aliphatic rings. The lowest BCUT2D eigenvalue weighted by Crippen LogP contribution is -2.30. The zero-order chi connectivity index (χ0) is 14.2. The molecule has 0 fully saturated rings. The molecule has 0 bridgehead atoms. The van der Waals surface area contributed by atoms with Crippen molar-refractivity contribution < 1.29 is 22.8 Å². The van der Waals surface area contributed by atoms with Gasteiger partial charge in [0, 0.05) is 24.8 Å². The molecule has 19 heavy (non-hydrogen) atoms. The van der Waals surface area contributed by atoms with E-state index < -0.39 is 12.1 Å². The number of alkyl halides is 3. The van der Waals surface area contributed by atoms with Crippen LogP contribution in [0.2, 0.25) is 0 Å². The maximum Gasteiger partial charge on any atom is 0.471 e. The van der Waals surface area contributed by atoms with Crippen LogP contribution in [0.4, 0.5) is 24.5 Å². The average Bonchev–Trinajstić information content (AvgIpc) is 2.70. The van der Waals surface area contributed by atoms with E-state index in [2.05, 4.69) is 0 Å². The second kappa shape index (κ2) is 4.56. The lowest BCUT2D eigenvalue weighted by atomic mass is 10.1. The van der Waals surface area contributed by atoms with E-state index >= 15 is 0 Å². The van der Waals surface area contributed by atoms with Crippen molar-refractivity contribution in [2.24, 2.45) is 0 Å². The van der Waals surface area contributed by atoms with Crippen molar-refractivity contribution in [3.63, 3.8) is 0 Å². The third kappa shape index (κ3) is 2.69. The topological polar surface area (TPSA) is 49.4 Å². The molecular weight excluding hydrogens is 261 g/mol. The van der Waals surface area contributed by atoms with Crippen LogP contribution in [0.1, 0.15) is 12.5 Å². The molecule has 1 N–H and O–H groups in total. The molecule has 2 rings (SSSR count). The number of hydrogen-bond acceptors (Lipinski definition) is 2. The van der Waals surface area contributed by atoms with Gasteiger partial charge in [0.15, 0.2) is 0 Å². The number of benzene rings is 1. The highest BCUT2D eigenvalue weighted by atomic mass is 19.4. The smallest absolute Gasteiger partial charge is 0.318 e. The van der Waals surface area contributed by atoms with Gasteiger partial charge >= 0.3 is 12.1 Å². The summed E-state index contributed by atoms with van der Waals surface area (Å²) < 4.78 is 36.3. The predicted molar refractivity (Wildman–Crippen MR) is 62.9 cm³/mol. The van der Waals surface area contributed by atoms with Gasteiger partial charge in [0.2, 0.25) is 5.91 Å². The van der Waals surface area contributed by atoms with E-state index in [9.17, 15) is 22.8 Å². The summed E-state index contributed by atoms with van der Waals surface area (Å²) in [6.07, 6.45) is -4.35. The largest absolute Gasteiger partial charge is 0.471 e. The van der Waals surface area contributed by atoms with Crippen LogP contribution in [-0.2, 0) is 16.0 Å². The minimum atomic E-state index is -4.91. The molecule has 1 aromatic rings. The average molecular weight is 272 g/mol. The summed E-state index contributed by atoms with van der Waals surface area (Å²) in [4.78, 5) is 23.7. The predicted octanol–water partition coefficient (Wildman–Crippen LogP) is 2.10. The molecule has 0 radical (unpaired) electrons. The number of halogens is 3. The fraction of sp³-hybridized carbons (Fsp3) is 0.333. The van der Waals surface area contributed by atoms with Gasteiger partial charge in [-0.2, -0.15) is 13.2 Å². The number of fused-ring (bicyclic) bond motifs is 1. The van der Waals surface area contributed by atoms with Crippen LogP contribution < -0.4 is 10.2 Å². The first-order valence-electron chi connectivity index (χ1n) is 5.58. The van der Waals surface area contributed by atoms with Crippen molar-refractivity contribution in [2.75, 3.05) is 16.8 Å². The van der Waals surface area contributed by atoms with E-state index in [0.717, 1.165) is 5.56 Å². The summed E-state index contributed by atoms with van der Waals surface area (Å²) >= 11 is 0. The standard InChI is InChI=1S/C12H11F3N2O2/c1-7(18)17-5-4-8-6-9(2-3-10(8)17)16-11(19)12(13,14)15/h2-3,6H,4-5H2,1H3,(H,16,19). The first-order valence-corrected chi connectivity index (χ1v) is 5.58. The Morgan fingerprint density at radius 3 is 2.58 bits per heavy atom. The Morgan fingerprint density at radius 1 is 1.32 bits per heavy atom. The van der Waals surface area contributed by atoms with Crippen LogP contribution in [0.15, 0.2) is 18.2 Å². The van der Waals surface area contributed by atoms with Crippen LogP contribution >= 0.6 is 0 Å². The molecule has 102 valence electrons. The molecule has 0 spiro atoms. The lowest BCUT2D eigenvalue weighted by Gasteiger charge is -2.15. The van der Waals surface area contributed by atoms with Gasteiger partial charge < -0.3 is 10.2 Å². The summed E-state index contributed by atoms with van der Waals surface area (Å²) in [5.74, 6) is -2.13. The molecule has 0 atom stereocenters. The van der Waals surface area contributed by atoms with Gasteiger partial charge in [0.1, 0.15) is 0 Å². The van der Waals surface area contributed by atoms with Gasteiger partial charge in [-0.25, -0.2) is 0 Å². The number of carbonyl (C=O) groups is 2. The minimum Gasteiger partial charge on any atom is -0.318 e. The molecular formula is C12H11F3N2O2. The quantitative estimate of drug-likeness (QED) is 0.851. The van der Waals surface area contributed by atoms with E-state index in [1.54, 1.807) is 10.2 Å². The molecule has 1 heterocycles. The monoisotopic (exact) mass is 272 g/mol. The Morgan fingerprint density at radius 2 is 2.00 bits per heavy atom. The molecule has 0 aliphatic carbocycles. The van der Waals surface area contributed by atoms with Gasteiger partial charge in [-0.3, -0.25) is 9.59 Å². The zero-order valence-electron chi connectivity index (χ0n) is 10.0. The number of carbonyl (C=O) groups excluding carboxylic acids is 2. The Hall–Kier alpha value is -2.05. The van der Waals surface area contributed by atoms with E-state index in [0.29, 0.717) is 18.7 Å². The second-order valence-electron chi connectivity index (χ2n) is 4.22. The van der Waals surface area contributed by atoms with Gasteiger partial charge in [0.25, 0.3) is 0 Å². The molecule has 0 saturated carbocycles. The highest BCUT2D eigenvalue weighted by Crippen LogP contribution is 2.31. The Bertz CT molecular complexity index is 540. The van der Waals surface area contributed by atoms with Crippen molar-refractivity contribution in [1.29, 1.82) is 0 Å². The van der Waals surface area contributed by atoms with Gasteiger partial charge in [-0.15, -0.1) is 0 Å². The molecule has 0 unspecified atom stereocenters. The van der Waals surface area contributed by atoms with Crippen LogP contribution in [0.3, 0.4) is 0 Å². The molecule has 0 aromatic heterocycles. The summed E-state index contributed by atoms with van der Waals surface area (Å²) in [7, 11) is 0. The molecule has 2 amide bonds. The molecule has 1 aliphatic heterocycles. The first kappa shape index (κ1) is 13.4. The lowest BCUT2D eigenvalue weighted by molar-refractivity contribution is -0.167. The molecule has 1 aromatic carbocycles. The highest BCUT2D eigenvalue weighted by molar-refractivity contribution is 5.97. The number of nitrogens with one attached hydrogen (secondary N) is 1. The number of rotatable bonds is 1. The third-order valence-electron chi connectivity index (χ3n) is 2.87. The number of anilines is 2. The maximum absolute atomic E-state index is 12.1. The van der Waals surface area contributed by atoms with Crippen LogP contribution in [0, 0.1) is 0 Å². The first-order chi connectivity index (χ1) is 8.79. The number of amides is 2. The summed E-state index contributed by atoms with van der Waals surface area (Å²) in [5.41, 5.74) is 1.50. The number of nitrogens with zero attached hydrogens (tertiary/aromatic N) is 1. The van der Waals surface area contributed by atoms with Gasteiger partial charge in [-0.1, -0.05) is 0 Å². The van der Waals surface area contributed by atoms with Gasteiger partial charge in [-0.05, 0) is 30.2 Å². The minimum absolute atomic E-state index is 0.0754. The van der Waals surface area contributed by atoms with E-state index in [1.165, 1.54) is 25.1 Å². The van der Waals surface area contributed by atoms with E-state index in [-0.39, 0.29) is 11.6 Å². The second-order valence-corrected chi connectivity index (χ2v) is 4.22. The highest BCUT2D eigenvalue weighted by Gasteiger charge is 2.38. The number of hydrogen-bond donors (Lipinski definition) is 1. The summed E-state index contributed by atoms with van der Waals surface area (Å²) in [6.45, 7) is 1.93. The molecule has 7 heteroatoms. The maximum atomic E-state index is 12.1. The summed E-state index contributed by atoms with van der Waals surface area (Å²) in [6, 6.07) is 4.35. The van der Waals surface area contributed by atoms with E-state index in [1.807, 2.05) is 0 Å². The van der Waals surface area contributed by atoms with E-state index in [4.69, 9.17) is 0 Å². The van der Waals surface area contributed by atoms with Crippen molar-refractivity contribution in [2.45, 2.75) is 19.5 Å². The Balaban J connectivity index is 2.20. The fourth-order valence-electron chi connectivity index (χ4n) is 2.01. The Kier molecular flexibility index (Phi) is 3.21. The zero-order valence-corrected chi connectivity index (χ0v) is 10.0. The fourth-order valence-corrected chi connectivity index (χ4v) is 2.01. The van der Waals surface area contributed by atoms with Crippen LogP contribution in [-0.4, -0.2) is 24.5 Å². The molecule has 0 saturated heterocycles. The summed E-state index contributed by atoms with van der Waals surface area (Å²) in [5, 5.41) is 1.79. The molecule has 4 nitrogen and oxygen atoms in total. The normalized spacial score (nSPS) is 14.2. The Labute approximate surface area is 107 Å². The van der Waals surface area contributed by atoms with Crippen LogP contribution in [0.5, 0.6) is 0 Å². The van der Waals surface area contributed by atoms with Crippen molar-refractivity contribution in [3.05, 3.63) is 23.8 Å². The van der Waals surface area contributed by atoms with Gasteiger partial charge in [0.05, 0.1) is 0 Å². The van der Waals surface area contributed by atoms with Crippen LogP contribution in [0.25, 0.3) is 0 Å². The van der Waals surface area contributed by atoms with Crippen molar-refractivity contribution >= 4 is 23.2 Å². The third-order valence-corrected chi connectivity index (χ3v) is 2.87. The SMILES string of the molecule is CC(=O)N1CCc2cc(NC(=O)C(F)(F)F)ccc21. The van der Waals surface area contributed by atoms with Crippen molar-refractivity contribution in [3.8, 4) is 0 Å².